The molecule has 0 aliphatic carbocycles. The van der Waals surface area contributed by atoms with Crippen molar-refractivity contribution in [2.24, 2.45) is 0 Å². The van der Waals surface area contributed by atoms with E-state index in [9.17, 15) is 0 Å². The molecule has 0 unspecified atom stereocenters. The summed E-state index contributed by atoms with van der Waals surface area (Å²) in [6.45, 7) is 0. The van der Waals surface area contributed by atoms with Crippen molar-refractivity contribution in [2.75, 3.05) is 0 Å². The van der Waals surface area contributed by atoms with Crippen molar-refractivity contribution >= 4 is 97.9 Å². The number of furan rings is 1. The van der Waals surface area contributed by atoms with Crippen molar-refractivity contribution in [2.45, 2.75) is 0 Å². The van der Waals surface area contributed by atoms with Gasteiger partial charge in [0.2, 0.25) is 0 Å². The molecule has 0 amide bonds. The molecule has 348 valence electrons. The van der Waals surface area contributed by atoms with Gasteiger partial charge in [0.05, 0.1) is 33.3 Å². The van der Waals surface area contributed by atoms with Crippen molar-refractivity contribution in [1.82, 2.24) is 24.1 Å². The lowest BCUT2D eigenvalue weighted by Crippen LogP contribution is -2.04. The van der Waals surface area contributed by atoms with Crippen LogP contribution in [-0.4, -0.2) is 24.1 Å². The second kappa shape index (κ2) is 16.2. The molecule has 75 heavy (non-hydrogen) atoms. The quantitative estimate of drug-likeness (QED) is 0.167. The molecule has 0 aliphatic heterocycles. The van der Waals surface area contributed by atoms with Crippen LogP contribution in [0.2, 0.25) is 0 Å². The summed E-state index contributed by atoms with van der Waals surface area (Å²) in [5, 5.41) is 13.5. The Labute approximate surface area is 429 Å². The van der Waals surface area contributed by atoms with Crippen molar-refractivity contribution in [3.8, 4) is 56.7 Å². The molecule has 0 saturated heterocycles. The van der Waals surface area contributed by atoms with Gasteiger partial charge in [-0.1, -0.05) is 170 Å². The van der Waals surface area contributed by atoms with Crippen LogP contribution >= 0.6 is 0 Å². The number of benzene rings is 12. The van der Waals surface area contributed by atoms with Crippen LogP contribution in [0.3, 0.4) is 0 Å². The van der Waals surface area contributed by atoms with Crippen molar-refractivity contribution in [1.29, 1.82) is 0 Å². The second-order valence-electron chi connectivity index (χ2n) is 19.5. The van der Waals surface area contributed by atoms with Crippen LogP contribution in [0.5, 0.6) is 0 Å². The number of nitrogens with zero attached hydrogens (tertiary/aromatic N) is 5. The molecule has 0 aliphatic rings. The van der Waals surface area contributed by atoms with Crippen molar-refractivity contribution < 1.29 is 4.42 Å². The van der Waals surface area contributed by atoms with Crippen LogP contribution < -0.4 is 0 Å². The Bertz CT molecular complexity index is 5010. The summed E-state index contributed by atoms with van der Waals surface area (Å²) in [5.41, 5.74) is 12.6. The zero-order chi connectivity index (χ0) is 49.1. The maximum absolute atomic E-state index is 7.36. The first-order valence-corrected chi connectivity index (χ1v) is 25.4. The number of aromatic nitrogens is 5. The van der Waals surface area contributed by atoms with E-state index < -0.39 is 0 Å². The third kappa shape index (κ3) is 6.36. The van der Waals surface area contributed by atoms with Crippen LogP contribution in [0.4, 0.5) is 0 Å². The lowest BCUT2D eigenvalue weighted by Gasteiger charge is -2.16. The molecule has 0 spiro atoms. The molecular formula is C69H41N5O. The lowest BCUT2D eigenvalue weighted by atomic mass is 10.0. The Balaban J connectivity index is 1.03. The normalized spacial score (nSPS) is 12.0. The molecule has 4 heterocycles. The van der Waals surface area contributed by atoms with Gasteiger partial charge < -0.3 is 13.6 Å². The van der Waals surface area contributed by atoms with Crippen LogP contribution in [0, 0.1) is 0 Å². The summed E-state index contributed by atoms with van der Waals surface area (Å²) in [6, 6.07) is 88.6. The van der Waals surface area contributed by atoms with Gasteiger partial charge in [0.25, 0.3) is 0 Å². The molecule has 0 bridgehead atoms. The molecule has 0 atom stereocenters. The predicted molar refractivity (Wildman–Crippen MR) is 310 cm³/mol. The Kier molecular flexibility index (Phi) is 8.94. The fourth-order valence-corrected chi connectivity index (χ4v) is 11.9. The maximum atomic E-state index is 7.36. The summed E-state index contributed by atoms with van der Waals surface area (Å²) in [5.74, 6) is 1.62. The highest BCUT2D eigenvalue weighted by Gasteiger charge is 2.26. The van der Waals surface area contributed by atoms with Gasteiger partial charge in [-0.3, -0.25) is 0 Å². The third-order valence-electron chi connectivity index (χ3n) is 15.3. The van der Waals surface area contributed by atoms with E-state index in [4.69, 9.17) is 19.4 Å². The number of para-hydroxylation sites is 2. The molecule has 6 nitrogen and oxygen atoms in total. The number of hydrogen-bond acceptors (Lipinski definition) is 4. The lowest BCUT2D eigenvalue weighted by molar-refractivity contribution is 0.673. The summed E-state index contributed by atoms with van der Waals surface area (Å²) >= 11 is 0. The first-order valence-electron chi connectivity index (χ1n) is 25.4. The Morgan fingerprint density at radius 2 is 0.853 bits per heavy atom. The minimum atomic E-state index is 0.507. The highest BCUT2D eigenvalue weighted by atomic mass is 16.3. The SMILES string of the molecule is c1ccc(-c2cccc(-c3nc(-c4ccc5c(c4)c4ccccc4n5-c4ccccc4)nc(-c4c(-n5c6cc7ccccc7cc6c6c7ccccc7ccc65)ccc5c4oc4c6ccccc6ccc54)n3)c2)cc1. The van der Waals surface area contributed by atoms with Crippen molar-refractivity contribution in [3.63, 3.8) is 0 Å². The standard InChI is InChI=1S/C69H41N5O/c1-3-16-42(17-4-1)45-22-15-23-48(38-45)67-70-68(49-32-35-59-56(40-49)53-28-13-14-29-58(53)73(59)50-24-5-2-6-25-50)72-69(71-67)64-61(37-34-55-54-33-30-44-19-10-12-27-52(44)65(54)75-66(55)64)74-60-36-31-43-18-9-11-26-51(43)63(60)57-39-46-20-7-8-21-47(46)41-62(57)74/h1-41H. The average Bonchev–Trinajstić information content (AvgIpc) is 4.21. The molecule has 0 radical (unpaired) electrons. The monoisotopic (exact) mass is 955 g/mol. The zero-order valence-corrected chi connectivity index (χ0v) is 40.3. The average molecular weight is 956 g/mol. The van der Waals surface area contributed by atoms with E-state index in [-0.39, 0.29) is 0 Å². The summed E-state index contributed by atoms with van der Waals surface area (Å²) < 4.78 is 12.1. The predicted octanol–water partition coefficient (Wildman–Crippen LogP) is 18.1. The second-order valence-corrected chi connectivity index (χ2v) is 19.5. The van der Waals surface area contributed by atoms with E-state index in [1.165, 1.54) is 26.9 Å². The first-order chi connectivity index (χ1) is 37.2. The van der Waals surface area contributed by atoms with Gasteiger partial charge in [-0.25, -0.2) is 15.0 Å². The fraction of sp³-hybridized carbons (Fsp3) is 0. The van der Waals surface area contributed by atoms with E-state index in [0.717, 1.165) is 105 Å². The van der Waals surface area contributed by atoms with Gasteiger partial charge in [-0.05, 0) is 117 Å². The number of fused-ring (bicyclic) bond motifs is 14. The Morgan fingerprint density at radius 3 is 1.67 bits per heavy atom. The summed E-state index contributed by atoms with van der Waals surface area (Å²) in [4.78, 5) is 16.7. The van der Waals surface area contributed by atoms with Gasteiger partial charge >= 0.3 is 0 Å². The van der Waals surface area contributed by atoms with Gasteiger partial charge in [-0.2, -0.15) is 0 Å². The van der Waals surface area contributed by atoms with E-state index in [2.05, 4.69) is 252 Å². The molecule has 0 N–H and O–H groups in total. The molecule has 16 rings (SSSR count). The van der Waals surface area contributed by atoms with Gasteiger partial charge in [0, 0.05) is 54.5 Å². The minimum Gasteiger partial charge on any atom is -0.455 e. The van der Waals surface area contributed by atoms with Crippen LogP contribution in [0.1, 0.15) is 0 Å². The zero-order valence-electron chi connectivity index (χ0n) is 40.3. The largest absolute Gasteiger partial charge is 0.455 e. The highest BCUT2D eigenvalue weighted by molar-refractivity contribution is 6.24. The van der Waals surface area contributed by atoms with Crippen LogP contribution in [-0.2, 0) is 0 Å². The number of hydrogen-bond donors (Lipinski definition) is 0. The highest BCUT2D eigenvalue weighted by Crippen LogP contribution is 2.46. The van der Waals surface area contributed by atoms with E-state index in [1.807, 2.05) is 6.07 Å². The maximum Gasteiger partial charge on any atom is 0.170 e. The van der Waals surface area contributed by atoms with Gasteiger partial charge in [0.1, 0.15) is 11.2 Å². The smallest absolute Gasteiger partial charge is 0.170 e. The molecule has 4 aromatic heterocycles. The van der Waals surface area contributed by atoms with Crippen LogP contribution in [0.25, 0.3) is 155 Å². The molecule has 16 aromatic rings. The van der Waals surface area contributed by atoms with E-state index in [0.29, 0.717) is 23.1 Å². The molecule has 12 aromatic carbocycles. The van der Waals surface area contributed by atoms with Crippen molar-refractivity contribution in [3.05, 3.63) is 249 Å². The number of rotatable bonds is 6. The molecular weight excluding hydrogens is 915 g/mol. The Hall–Kier alpha value is -10.2. The third-order valence-corrected chi connectivity index (χ3v) is 15.3. The fourth-order valence-electron chi connectivity index (χ4n) is 11.9. The summed E-state index contributed by atoms with van der Waals surface area (Å²) in [7, 11) is 0. The molecule has 0 saturated carbocycles. The van der Waals surface area contributed by atoms with Gasteiger partial charge in [0.15, 0.2) is 17.5 Å². The minimum absolute atomic E-state index is 0.507. The van der Waals surface area contributed by atoms with E-state index >= 15 is 0 Å². The first kappa shape index (κ1) is 41.4. The topological polar surface area (TPSA) is 61.7 Å². The van der Waals surface area contributed by atoms with Crippen LogP contribution in [0.15, 0.2) is 253 Å². The van der Waals surface area contributed by atoms with Gasteiger partial charge in [-0.15, -0.1) is 0 Å². The Morgan fingerprint density at radius 1 is 0.280 bits per heavy atom. The molecule has 0 fully saturated rings. The summed E-state index contributed by atoms with van der Waals surface area (Å²) in [6.07, 6.45) is 0. The van der Waals surface area contributed by atoms with E-state index in [1.54, 1.807) is 0 Å². The molecule has 6 heteroatoms.